The molecule has 0 saturated heterocycles. The standard InChI is InChI=1S/C23H17BrClN5OS/c24-18-8-12-20(13-9-18)30-22(17-4-2-1-3-5-17)28-29-23(30)32-15-21(31)27-26-14-16-6-10-19(25)11-7-16/h1-14H,15H2,(H,27,31). The summed E-state index contributed by atoms with van der Waals surface area (Å²) in [4.78, 5) is 12.3. The number of halogens is 2. The molecule has 3 aromatic carbocycles. The van der Waals surface area contributed by atoms with Crippen molar-refractivity contribution in [2.45, 2.75) is 5.16 Å². The summed E-state index contributed by atoms with van der Waals surface area (Å²) >= 11 is 10.6. The molecule has 32 heavy (non-hydrogen) atoms. The molecule has 9 heteroatoms. The highest BCUT2D eigenvalue weighted by molar-refractivity contribution is 9.10. The molecule has 0 saturated carbocycles. The van der Waals surface area contributed by atoms with Crippen molar-refractivity contribution in [2.75, 3.05) is 5.75 Å². The molecule has 0 bridgehead atoms. The summed E-state index contributed by atoms with van der Waals surface area (Å²) < 4.78 is 2.92. The maximum atomic E-state index is 12.3. The van der Waals surface area contributed by atoms with E-state index in [-0.39, 0.29) is 11.7 Å². The molecule has 160 valence electrons. The summed E-state index contributed by atoms with van der Waals surface area (Å²) in [5.74, 6) is 0.602. The number of rotatable bonds is 7. The van der Waals surface area contributed by atoms with Crippen LogP contribution in [-0.2, 0) is 4.79 Å². The zero-order chi connectivity index (χ0) is 22.3. The van der Waals surface area contributed by atoms with Gasteiger partial charge in [0.15, 0.2) is 11.0 Å². The van der Waals surface area contributed by atoms with Gasteiger partial charge in [-0.25, -0.2) is 5.43 Å². The third-order valence-electron chi connectivity index (χ3n) is 4.36. The fraction of sp³-hybridized carbons (Fsp3) is 0.0435. The number of aromatic nitrogens is 3. The van der Waals surface area contributed by atoms with Crippen LogP contribution in [0.4, 0.5) is 0 Å². The molecule has 6 nitrogen and oxygen atoms in total. The third kappa shape index (κ3) is 5.64. The van der Waals surface area contributed by atoms with Gasteiger partial charge in [-0.2, -0.15) is 5.10 Å². The average Bonchev–Trinajstić information content (AvgIpc) is 3.24. The molecule has 0 radical (unpaired) electrons. The summed E-state index contributed by atoms with van der Waals surface area (Å²) in [5.41, 5.74) is 5.21. The Bertz CT molecular complexity index is 1230. The fourth-order valence-electron chi connectivity index (χ4n) is 2.85. The third-order valence-corrected chi connectivity index (χ3v) is 6.07. The molecule has 1 amide bonds. The fourth-order valence-corrected chi connectivity index (χ4v) is 3.99. The van der Waals surface area contributed by atoms with Crippen molar-refractivity contribution in [3.63, 3.8) is 0 Å². The minimum absolute atomic E-state index is 0.140. The van der Waals surface area contributed by atoms with Gasteiger partial charge in [-0.1, -0.05) is 81.8 Å². The lowest BCUT2D eigenvalue weighted by Crippen LogP contribution is -2.20. The molecule has 0 spiro atoms. The SMILES string of the molecule is O=C(CSc1nnc(-c2ccccc2)n1-c1ccc(Br)cc1)NN=Cc1ccc(Cl)cc1. The van der Waals surface area contributed by atoms with Crippen molar-refractivity contribution >= 4 is 51.4 Å². The first-order valence-electron chi connectivity index (χ1n) is 9.57. The topological polar surface area (TPSA) is 72.2 Å². The molecule has 0 aliphatic rings. The van der Waals surface area contributed by atoms with Crippen LogP contribution in [0.15, 0.2) is 93.6 Å². The van der Waals surface area contributed by atoms with Crippen molar-refractivity contribution in [3.05, 3.63) is 93.9 Å². The van der Waals surface area contributed by atoms with Crippen LogP contribution in [0.5, 0.6) is 0 Å². The van der Waals surface area contributed by atoms with Gasteiger partial charge < -0.3 is 0 Å². The first kappa shape index (κ1) is 22.3. The van der Waals surface area contributed by atoms with Crippen molar-refractivity contribution in [3.8, 4) is 17.1 Å². The molecule has 4 rings (SSSR count). The molecule has 0 aliphatic heterocycles. The van der Waals surface area contributed by atoms with E-state index < -0.39 is 0 Å². The molecule has 0 unspecified atom stereocenters. The van der Waals surface area contributed by atoms with Crippen LogP contribution in [0.1, 0.15) is 5.56 Å². The lowest BCUT2D eigenvalue weighted by molar-refractivity contribution is -0.118. The number of hydrogen-bond acceptors (Lipinski definition) is 5. The number of carbonyl (C=O) groups is 1. The van der Waals surface area contributed by atoms with Crippen LogP contribution in [0.3, 0.4) is 0 Å². The van der Waals surface area contributed by atoms with Crippen LogP contribution < -0.4 is 5.43 Å². The van der Waals surface area contributed by atoms with Gasteiger partial charge in [0.25, 0.3) is 5.91 Å². The average molecular weight is 527 g/mol. The van der Waals surface area contributed by atoms with Gasteiger partial charge in [-0.3, -0.25) is 9.36 Å². The maximum Gasteiger partial charge on any atom is 0.250 e. The predicted molar refractivity (Wildman–Crippen MR) is 132 cm³/mol. The molecule has 1 heterocycles. The zero-order valence-electron chi connectivity index (χ0n) is 16.7. The monoisotopic (exact) mass is 525 g/mol. The maximum absolute atomic E-state index is 12.3. The number of hydrogen-bond donors (Lipinski definition) is 1. The largest absolute Gasteiger partial charge is 0.272 e. The Morgan fingerprint density at radius 1 is 1.03 bits per heavy atom. The molecular formula is C23H17BrClN5OS. The smallest absolute Gasteiger partial charge is 0.250 e. The Labute approximate surface area is 202 Å². The first-order chi connectivity index (χ1) is 15.6. The van der Waals surface area contributed by atoms with Crippen LogP contribution in [0, 0.1) is 0 Å². The summed E-state index contributed by atoms with van der Waals surface area (Å²) in [6.45, 7) is 0. The van der Waals surface area contributed by atoms with Gasteiger partial charge in [0.05, 0.1) is 12.0 Å². The number of thioether (sulfide) groups is 1. The second-order valence-corrected chi connectivity index (χ2v) is 8.91. The van der Waals surface area contributed by atoms with Crippen LogP contribution in [-0.4, -0.2) is 32.6 Å². The van der Waals surface area contributed by atoms with E-state index in [1.54, 1.807) is 18.3 Å². The lowest BCUT2D eigenvalue weighted by atomic mass is 10.2. The van der Waals surface area contributed by atoms with E-state index in [2.05, 4.69) is 36.7 Å². The minimum atomic E-state index is -0.244. The highest BCUT2D eigenvalue weighted by atomic mass is 79.9. The van der Waals surface area contributed by atoms with E-state index in [0.29, 0.717) is 16.0 Å². The van der Waals surface area contributed by atoms with Crippen LogP contribution >= 0.6 is 39.3 Å². The number of carbonyl (C=O) groups excluding carboxylic acids is 1. The highest BCUT2D eigenvalue weighted by Gasteiger charge is 2.17. The molecule has 4 aromatic rings. The van der Waals surface area contributed by atoms with Crippen molar-refractivity contribution < 1.29 is 4.79 Å². The Morgan fingerprint density at radius 3 is 2.47 bits per heavy atom. The minimum Gasteiger partial charge on any atom is -0.272 e. The van der Waals surface area contributed by atoms with Gasteiger partial charge in [-0.05, 0) is 42.0 Å². The van der Waals surface area contributed by atoms with Crippen LogP contribution in [0.25, 0.3) is 17.1 Å². The molecule has 0 aliphatic carbocycles. The zero-order valence-corrected chi connectivity index (χ0v) is 19.8. The lowest BCUT2D eigenvalue weighted by Gasteiger charge is -2.10. The quantitative estimate of drug-likeness (QED) is 0.193. The second-order valence-electron chi connectivity index (χ2n) is 6.62. The van der Waals surface area contributed by atoms with Gasteiger partial charge in [0.1, 0.15) is 0 Å². The number of benzene rings is 3. The summed E-state index contributed by atoms with van der Waals surface area (Å²) in [5, 5.41) is 14.0. The number of hydrazone groups is 1. The van der Waals surface area contributed by atoms with Gasteiger partial charge in [0, 0.05) is 20.7 Å². The molecule has 0 atom stereocenters. The molecular weight excluding hydrogens is 510 g/mol. The Kier molecular flexibility index (Phi) is 7.36. The Hall–Kier alpha value is -2.94. The normalized spacial score (nSPS) is 11.1. The van der Waals surface area contributed by atoms with Crippen molar-refractivity contribution in [2.24, 2.45) is 5.10 Å². The van der Waals surface area contributed by atoms with E-state index in [9.17, 15) is 4.79 Å². The van der Waals surface area contributed by atoms with Gasteiger partial charge in [-0.15, -0.1) is 10.2 Å². The Balaban J connectivity index is 1.49. The van der Waals surface area contributed by atoms with E-state index in [1.807, 2.05) is 71.3 Å². The number of nitrogens with one attached hydrogen (secondary N) is 1. The molecule has 1 N–H and O–H groups in total. The summed E-state index contributed by atoms with van der Waals surface area (Å²) in [6.07, 6.45) is 1.57. The summed E-state index contributed by atoms with van der Waals surface area (Å²) in [6, 6.07) is 24.8. The van der Waals surface area contributed by atoms with E-state index >= 15 is 0 Å². The first-order valence-corrected chi connectivity index (χ1v) is 11.7. The molecule has 1 aromatic heterocycles. The number of amides is 1. The van der Waals surface area contributed by atoms with Crippen molar-refractivity contribution in [1.29, 1.82) is 0 Å². The van der Waals surface area contributed by atoms with E-state index in [4.69, 9.17) is 11.6 Å². The van der Waals surface area contributed by atoms with E-state index in [0.717, 1.165) is 21.3 Å². The van der Waals surface area contributed by atoms with Gasteiger partial charge in [0.2, 0.25) is 0 Å². The Morgan fingerprint density at radius 2 is 1.75 bits per heavy atom. The second kappa shape index (κ2) is 10.6. The molecule has 0 fully saturated rings. The van der Waals surface area contributed by atoms with E-state index in [1.165, 1.54) is 11.8 Å². The predicted octanol–water partition coefficient (Wildman–Crippen LogP) is 5.59. The number of nitrogens with zero attached hydrogens (tertiary/aromatic N) is 4. The van der Waals surface area contributed by atoms with Crippen molar-refractivity contribution in [1.82, 2.24) is 20.2 Å². The highest BCUT2D eigenvalue weighted by Crippen LogP contribution is 2.28. The van der Waals surface area contributed by atoms with Crippen LogP contribution in [0.2, 0.25) is 5.02 Å². The summed E-state index contributed by atoms with van der Waals surface area (Å²) in [7, 11) is 0. The van der Waals surface area contributed by atoms with Gasteiger partial charge >= 0.3 is 0 Å².